The summed E-state index contributed by atoms with van der Waals surface area (Å²) < 4.78 is 4.26. The molecule has 0 spiro atoms. The van der Waals surface area contributed by atoms with E-state index in [0.717, 1.165) is 11.4 Å². The van der Waals surface area contributed by atoms with Crippen LogP contribution in [-0.2, 0) is 7.05 Å². The Labute approximate surface area is 142 Å². The van der Waals surface area contributed by atoms with Gasteiger partial charge in [-0.2, -0.15) is 0 Å². The SMILES string of the molecule is C[n+]1ccc(C=Cc2ccccc2)n1-c1ccccc1.[I-]. The lowest BCUT2D eigenvalue weighted by Crippen LogP contribution is -3.00. The van der Waals surface area contributed by atoms with Gasteiger partial charge in [0.25, 0.3) is 0 Å². The van der Waals surface area contributed by atoms with Crippen LogP contribution in [0.1, 0.15) is 11.3 Å². The molecule has 2 nitrogen and oxygen atoms in total. The van der Waals surface area contributed by atoms with Gasteiger partial charge >= 0.3 is 0 Å². The van der Waals surface area contributed by atoms with Gasteiger partial charge in [-0.3, -0.25) is 0 Å². The fourth-order valence-corrected chi connectivity index (χ4v) is 2.28. The Morgan fingerprint density at radius 2 is 1.43 bits per heavy atom. The van der Waals surface area contributed by atoms with Crippen LogP contribution in [-0.4, -0.2) is 4.68 Å². The maximum absolute atomic E-state index is 2.18. The average molecular weight is 388 g/mol. The minimum Gasteiger partial charge on any atom is -1.00 e. The second-order valence-corrected chi connectivity index (χ2v) is 4.71. The molecular formula is C18H17IN2. The highest BCUT2D eigenvalue weighted by Gasteiger charge is 2.10. The number of aromatic nitrogens is 2. The summed E-state index contributed by atoms with van der Waals surface area (Å²) in [6, 6.07) is 22.8. The summed E-state index contributed by atoms with van der Waals surface area (Å²) in [6.07, 6.45) is 6.34. The Hall–Kier alpha value is -1.88. The van der Waals surface area contributed by atoms with Crippen molar-refractivity contribution in [1.29, 1.82) is 0 Å². The van der Waals surface area contributed by atoms with E-state index in [1.165, 1.54) is 5.56 Å². The largest absolute Gasteiger partial charge is 1.00 e. The smallest absolute Gasteiger partial charge is 0.196 e. The molecule has 0 saturated carbocycles. The van der Waals surface area contributed by atoms with Gasteiger partial charge in [-0.1, -0.05) is 54.6 Å². The fourth-order valence-electron chi connectivity index (χ4n) is 2.28. The predicted octanol–water partition coefficient (Wildman–Crippen LogP) is 0.476. The van der Waals surface area contributed by atoms with Crippen molar-refractivity contribution in [2.75, 3.05) is 0 Å². The lowest BCUT2D eigenvalue weighted by atomic mass is 10.2. The van der Waals surface area contributed by atoms with Gasteiger partial charge in [-0.05, 0) is 23.8 Å². The van der Waals surface area contributed by atoms with Crippen LogP contribution in [0, 0.1) is 0 Å². The molecule has 3 aromatic rings. The van der Waals surface area contributed by atoms with E-state index in [-0.39, 0.29) is 24.0 Å². The summed E-state index contributed by atoms with van der Waals surface area (Å²) in [7, 11) is 2.05. The van der Waals surface area contributed by atoms with Crippen LogP contribution < -0.4 is 28.7 Å². The summed E-state index contributed by atoms with van der Waals surface area (Å²) in [5, 5.41) is 0. The molecule has 21 heavy (non-hydrogen) atoms. The fraction of sp³-hybridized carbons (Fsp3) is 0.0556. The molecule has 3 heteroatoms. The molecule has 0 amide bonds. The van der Waals surface area contributed by atoms with Crippen LogP contribution in [0.5, 0.6) is 0 Å². The summed E-state index contributed by atoms with van der Waals surface area (Å²) in [6.45, 7) is 0. The molecule has 0 unspecified atom stereocenters. The summed E-state index contributed by atoms with van der Waals surface area (Å²) in [5.74, 6) is 0. The summed E-state index contributed by atoms with van der Waals surface area (Å²) in [4.78, 5) is 0. The van der Waals surface area contributed by atoms with Crippen molar-refractivity contribution in [3.63, 3.8) is 0 Å². The zero-order valence-corrected chi connectivity index (χ0v) is 14.0. The number of benzene rings is 2. The van der Waals surface area contributed by atoms with Crippen LogP contribution in [0.2, 0.25) is 0 Å². The van der Waals surface area contributed by atoms with Gasteiger partial charge in [0, 0.05) is 6.07 Å². The molecule has 2 aromatic carbocycles. The highest BCUT2D eigenvalue weighted by Crippen LogP contribution is 2.12. The number of para-hydroxylation sites is 1. The van der Waals surface area contributed by atoms with Crippen LogP contribution >= 0.6 is 0 Å². The Bertz CT molecular complexity index is 715. The van der Waals surface area contributed by atoms with Gasteiger partial charge in [-0.15, -0.1) is 9.36 Å². The second-order valence-electron chi connectivity index (χ2n) is 4.71. The zero-order chi connectivity index (χ0) is 13.8. The first-order valence-electron chi connectivity index (χ1n) is 6.71. The Kier molecular flexibility index (Phi) is 5.33. The Morgan fingerprint density at radius 3 is 2.10 bits per heavy atom. The third-order valence-electron chi connectivity index (χ3n) is 3.27. The maximum Gasteiger partial charge on any atom is 0.196 e. The van der Waals surface area contributed by atoms with E-state index in [2.05, 4.69) is 82.3 Å². The molecule has 0 aliphatic heterocycles. The van der Waals surface area contributed by atoms with Crippen LogP contribution in [0.3, 0.4) is 0 Å². The number of hydrogen-bond donors (Lipinski definition) is 0. The van der Waals surface area contributed by atoms with Crippen LogP contribution in [0.25, 0.3) is 17.8 Å². The molecule has 0 radical (unpaired) electrons. The van der Waals surface area contributed by atoms with Crippen molar-refractivity contribution in [1.82, 2.24) is 4.68 Å². The van der Waals surface area contributed by atoms with Crippen molar-refractivity contribution >= 4 is 12.2 Å². The lowest BCUT2D eigenvalue weighted by molar-refractivity contribution is -0.744. The van der Waals surface area contributed by atoms with Gasteiger partial charge in [0.1, 0.15) is 11.4 Å². The van der Waals surface area contributed by atoms with Crippen molar-refractivity contribution < 1.29 is 28.7 Å². The summed E-state index contributed by atoms with van der Waals surface area (Å²) in [5.41, 5.74) is 3.52. The van der Waals surface area contributed by atoms with Crippen molar-refractivity contribution in [3.8, 4) is 5.69 Å². The lowest BCUT2D eigenvalue weighted by Gasteiger charge is -2.02. The number of nitrogens with zero attached hydrogens (tertiary/aromatic N) is 2. The quantitative estimate of drug-likeness (QED) is 0.456. The highest BCUT2D eigenvalue weighted by atomic mass is 127. The molecule has 3 rings (SSSR count). The molecule has 0 aliphatic carbocycles. The van der Waals surface area contributed by atoms with Crippen molar-refractivity contribution in [2.24, 2.45) is 7.05 Å². The minimum absolute atomic E-state index is 0. The van der Waals surface area contributed by atoms with E-state index in [0.29, 0.717) is 0 Å². The van der Waals surface area contributed by atoms with Gasteiger partial charge < -0.3 is 24.0 Å². The van der Waals surface area contributed by atoms with Gasteiger partial charge in [0.05, 0.1) is 0 Å². The number of aryl methyl sites for hydroxylation is 1. The highest BCUT2D eigenvalue weighted by molar-refractivity contribution is 5.68. The monoisotopic (exact) mass is 388 g/mol. The third-order valence-corrected chi connectivity index (χ3v) is 3.27. The van der Waals surface area contributed by atoms with Gasteiger partial charge in [0.15, 0.2) is 13.2 Å². The first kappa shape index (κ1) is 15.5. The molecular weight excluding hydrogens is 371 g/mol. The normalized spacial score (nSPS) is 10.5. The van der Waals surface area contributed by atoms with E-state index in [1.54, 1.807) is 0 Å². The van der Waals surface area contributed by atoms with Gasteiger partial charge in [-0.25, -0.2) is 0 Å². The molecule has 1 heterocycles. The average Bonchev–Trinajstić information content (AvgIpc) is 2.88. The Balaban J connectivity index is 0.00000161. The molecule has 0 aliphatic rings. The molecule has 0 bridgehead atoms. The molecule has 0 saturated heterocycles. The molecule has 106 valence electrons. The Morgan fingerprint density at radius 1 is 0.810 bits per heavy atom. The molecule has 1 aromatic heterocycles. The zero-order valence-electron chi connectivity index (χ0n) is 11.9. The van der Waals surface area contributed by atoms with Crippen LogP contribution in [0.15, 0.2) is 72.9 Å². The molecule has 0 N–H and O–H groups in total. The standard InChI is InChI=1S/C18H17N2.HI/c1-19-15-14-18(13-12-16-8-4-2-5-9-16)20(19)17-10-6-3-7-11-17;/h2-15H,1H3;1H/q+1;/p-1. The van der Waals surface area contributed by atoms with Crippen molar-refractivity contribution in [3.05, 3.63) is 84.2 Å². The second kappa shape index (κ2) is 7.22. The summed E-state index contributed by atoms with van der Waals surface area (Å²) >= 11 is 0. The number of hydrogen-bond acceptors (Lipinski definition) is 0. The number of rotatable bonds is 3. The van der Waals surface area contributed by atoms with Crippen molar-refractivity contribution in [2.45, 2.75) is 0 Å². The van der Waals surface area contributed by atoms with Gasteiger partial charge in [0.2, 0.25) is 0 Å². The van der Waals surface area contributed by atoms with Crippen LogP contribution in [0.4, 0.5) is 0 Å². The maximum atomic E-state index is 2.18. The van der Waals surface area contributed by atoms with E-state index in [4.69, 9.17) is 0 Å². The van der Waals surface area contributed by atoms with E-state index in [1.807, 2.05) is 19.2 Å². The van der Waals surface area contributed by atoms with E-state index in [9.17, 15) is 0 Å². The third kappa shape index (κ3) is 3.61. The molecule has 0 atom stereocenters. The molecule has 0 fully saturated rings. The first-order valence-corrected chi connectivity index (χ1v) is 6.71. The minimum atomic E-state index is 0. The van der Waals surface area contributed by atoms with E-state index >= 15 is 0 Å². The predicted molar refractivity (Wildman–Crippen MR) is 82.3 cm³/mol. The number of halogens is 1. The topological polar surface area (TPSA) is 8.81 Å². The van der Waals surface area contributed by atoms with E-state index < -0.39 is 0 Å². The first-order chi connectivity index (χ1) is 9.84.